The fourth-order valence-electron chi connectivity index (χ4n) is 3.80. The highest BCUT2D eigenvalue weighted by Crippen LogP contribution is 2.25. The summed E-state index contributed by atoms with van der Waals surface area (Å²) in [6, 6.07) is 11.3. The lowest BCUT2D eigenvalue weighted by Gasteiger charge is -2.26. The van der Waals surface area contributed by atoms with Crippen molar-refractivity contribution < 1.29 is 9.53 Å². The Hall–Kier alpha value is -3.81. The molecule has 0 saturated heterocycles. The van der Waals surface area contributed by atoms with Crippen LogP contribution in [0.3, 0.4) is 0 Å². The third-order valence-corrected chi connectivity index (χ3v) is 5.24. The van der Waals surface area contributed by atoms with Crippen molar-refractivity contribution in [2.24, 2.45) is 0 Å². The second kappa shape index (κ2) is 9.21. The molecule has 0 radical (unpaired) electrons. The number of benzene rings is 1. The molecule has 0 aliphatic carbocycles. The average molecular weight is 459 g/mol. The van der Waals surface area contributed by atoms with E-state index in [4.69, 9.17) is 14.7 Å². The Balaban J connectivity index is 1.68. The summed E-state index contributed by atoms with van der Waals surface area (Å²) in [5, 5.41) is 0. The van der Waals surface area contributed by atoms with Crippen molar-refractivity contribution in [3.8, 4) is 0 Å². The largest absolute Gasteiger partial charge is 0.443 e. The number of ether oxygens (including phenoxy) is 1. The van der Waals surface area contributed by atoms with E-state index in [1.807, 2.05) is 64.1 Å². The Bertz CT molecular complexity index is 1310. The first kappa shape index (κ1) is 23.4. The zero-order chi connectivity index (χ0) is 24.5. The molecular formula is C26H30N6O2. The van der Waals surface area contributed by atoms with Gasteiger partial charge in [0.2, 0.25) is 5.95 Å². The molecule has 0 aliphatic heterocycles. The van der Waals surface area contributed by atoms with Gasteiger partial charge in [0, 0.05) is 30.1 Å². The van der Waals surface area contributed by atoms with Crippen molar-refractivity contribution >= 4 is 28.9 Å². The number of hydrogen-bond donors (Lipinski definition) is 0. The van der Waals surface area contributed by atoms with Gasteiger partial charge in [0.05, 0.1) is 12.2 Å². The average Bonchev–Trinajstić information content (AvgIpc) is 3.12. The molecule has 0 fully saturated rings. The molecule has 0 N–H and O–H groups in total. The highest BCUT2D eigenvalue weighted by Gasteiger charge is 2.26. The molecule has 8 heteroatoms. The van der Waals surface area contributed by atoms with Crippen molar-refractivity contribution in [3.05, 3.63) is 71.4 Å². The van der Waals surface area contributed by atoms with Gasteiger partial charge in [-0.25, -0.2) is 29.6 Å². The van der Waals surface area contributed by atoms with E-state index >= 15 is 0 Å². The Labute approximate surface area is 199 Å². The Kier molecular flexibility index (Phi) is 6.32. The van der Waals surface area contributed by atoms with Gasteiger partial charge in [-0.05, 0) is 58.4 Å². The molecule has 176 valence electrons. The predicted molar refractivity (Wildman–Crippen MR) is 132 cm³/mol. The summed E-state index contributed by atoms with van der Waals surface area (Å²) in [6.07, 6.45) is 3.72. The number of imidazole rings is 1. The fourth-order valence-corrected chi connectivity index (χ4v) is 3.80. The molecule has 0 aliphatic rings. The lowest BCUT2D eigenvalue weighted by atomic mass is 10.2. The summed E-state index contributed by atoms with van der Waals surface area (Å²) in [5.41, 5.74) is 4.71. The number of amides is 1. The molecule has 0 atom stereocenters. The molecule has 0 unspecified atom stereocenters. The Morgan fingerprint density at radius 3 is 2.35 bits per heavy atom. The third-order valence-electron chi connectivity index (χ3n) is 5.24. The number of anilines is 2. The van der Waals surface area contributed by atoms with Gasteiger partial charge in [0.15, 0.2) is 5.65 Å². The van der Waals surface area contributed by atoms with Crippen LogP contribution in [0, 0.1) is 13.8 Å². The maximum absolute atomic E-state index is 13.0. The van der Waals surface area contributed by atoms with E-state index in [1.165, 1.54) is 4.90 Å². The van der Waals surface area contributed by atoms with Gasteiger partial charge in [-0.3, -0.25) is 0 Å². The second-order valence-corrected chi connectivity index (χ2v) is 9.26. The minimum Gasteiger partial charge on any atom is -0.443 e. The van der Waals surface area contributed by atoms with Crippen LogP contribution in [0.5, 0.6) is 0 Å². The van der Waals surface area contributed by atoms with Gasteiger partial charge in [0.1, 0.15) is 16.9 Å². The number of rotatable bonds is 5. The topological polar surface area (TPSA) is 86.0 Å². The lowest BCUT2D eigenvalue weighted by molar-refractivity contribution is 0.0597. The number of hydrogen-bond acceptors (Lipinski definition) is 6. The molecule has 0 saturated carbocycles. The van der Waals surface area contributed by atoms with Gasteiger partial charge in [-0.2, -0.15) is 0 Å². The van der Waals surface area contributed by atoms with Crippen LogP contribution in [-0.4, -0.2) is 36.2 Å². The first-order valence-corrected chi connectivity index (χ1v) is 11.4. The molecule has 3 heterocycles. The first-order valence-electron chi connectivity index (χ1n) is 11.4. The third kappa shape index (κ3) is 4.90. The first-order chi connectivity index (χ1) is 16.2. The van der Waals surface area contributed by atoms with E-state index in [0.717, 1.165) is 40.2 Å². The van der Waals surface area contributed by atoms with Crippen molar-refractivity contribution in [1.82, 2.24) is 24.5 Å². The maximum atomic E-state index is 13.0. The number of carbonyl (C=O) groups is 1. The van der Waals surface area contributed by atoms with Crippen molar-refractivity contribution in [3.63, 3.8) is 0 Å². The number of fused-ring (bicyclic) bond motifs is 1. The molecule has 1 amide bonds. The van der Waals surface area contributed by atoms with E-state index < -0.39 is 11.7 Å². The van der Waals surface area contributed by atoms with Crippen LogP contribution in [0.15, 0.2) is 48.8 Å². The summed E-state index contributed by atoms with van der Waals surface area (Å²) in [6.45, 7) is 12.1. The minimum atomic E-state index is -0.646. The summed E-state index contributed by atoms with van der Waals surface area (Å²) in [7, 11) is 0. The maximum Gasteiger partial charge on any atom is 0.421 e. The molecule has 0 spiro atoms. The smallest absolute Gasteiger partial charge is 0.421 e. The molecule has 3 aromatic heterocycles. The highest BCUT2D eigenvalue weighted by atomic mass is 16.6. The second-order valence-electron chi connectivity index (χ2n) is 9.26. The molecule has 0 bridgehead atoms. The van der Waals surface area contributed by atoms with E-state index in [9.17, 15) is 4.79 Å². The van der Waals surface area contributed by atoms with Crippen LogP contribution >= 0.6 is 0 Å². The monoisotopic (exact) mass is 458 g/mol. The van der Waals surface area contributed by atoms with Crippen LogP contribution in [0.1, 0.15) is 50.3 Å². The van der Waals surface area contributed by atoms with Gasteiger partial charge < -0.3 is 9.30 Å². The van der Waals surface area contributed by atoms with Crippen LogP contribution in [0.2, 0.25) is 0 Å². The molecule has 8 nitrogen and oxygen atoms in total. The van der Waals surface area contributed by atoms with Gasteiger partial charge in [-0.15, -0.1) is 0 Å². The number of nitrogens with zero attached hydrogens (tertiary/aromatic N) is 6. The standard InChI is InChI=1S/C26H30N6O2/c1-7-21-30-22-17(2)13-18(3)29-23(22)31(21)16-19-14-27-24(28-15-19)32(20-11-9-8-10-12-20)25(33)34-26(4,5)6/h8-15H,7,16H2,1-6H3. The van der Waals surface area contributed by atoms with E-state index in [1.54, 1.807) is 12.4 Å². The highest BCUT2D eigenvalue weighted by molar-refractivity contribution is 5.94. The van der Waals surface area contributed by atoms with Crippen molar-refractivity contribution in [1.29, 1.82) is 0 Å². The normalized spacial score (nSPS) is 11.6. The van der Waals surface area contributed by atoms with E-state index in [-0.39, 0.29) is 5.95 Å². The molecule has 1 aromatic carbocycles. The quantitative estimate of drug-likeness (QED) is 0.391. The van der Waals surface area contributed by atoms with E-state index in [2.05, 4.69) is 28.4 Å². The number of pyridine rings is 1. The number of aryl methyl sites for hydroxylation is 3. The molecule has 4 rings (SSSR count). The van der Waals surface area contributed by atoms with Gasteiger partial charge in [-0.1, -0.05) is 25.1 Å². The number of para-hydroxylation sites is 1. The summed E-state index contributed by atoms with van der Waals surface area (Å²) < 4.78 is 7.72. The fraction of sp³-hybridized carbons (Fsp3) is 0.346. The van der Waals surface area contributed by atoms with Crippen LogP contribution < -0.4 is 4.90 Å². The molecule has 4 aromatic rings. The Morgan fingerprint density at radius 1 is 1.06 bits per heavy atom. The number of aromatic nitrogens is 5. The summed E-state index contributed by atoms with van der Waals surface area (Å²) >= 11 is 0. The Morgan fingerprint density at radius 2 is 1.74 bits per heavy atom. The zero-order valence-corrected chi connectivity index (χ0v) is 20.5. The zero-order valence-electron chi connectivity index (χ0n) is 20.5. The minimum absolute atomic E-state index is 0.250. The number of carbonyl (C=O) groups excluding carboxylic acids is 1. The van der Waals surface area contributed by atoms with Crippen LogP contribution in [0.4, 0.5) is 16.4 Å². The lowest BCUT2D eigenvalue weighted by Crippen LogP contribution is -2.34. The SMILES string of the molecule is CCc1nc2c(C)cc(C)nc2n1Cc1cnc(N(C(=O)OC(C)(C)C)c2ccccc2)nc1. The molecule has 34 heavy (non-hydrogen) atoms. The predicted octanol–water partition coefficient (Wildman–Crippen LogP) is 5.52. The van der Waals surface area contributed by atoms with Crippen molar-refractivity contribution in [2.75, 3.05) is 4.90 Å². The van der Waals surface area contributed by atoms with Gasteiger partial charge >= 0.3 is 6.09 Å². The van der Waals surface area contributed by atoms with Crippen molar-refractivity contribution in [2.45, 2.75) is 60.1 Å². The van der Waals surface area contributed by atoms with Crippen LogP contribution in [-0.2, 0) is 17.7 Å². The summed E-state index contributed by atoms with van der Waals surface area (Å²) in [4.78, 5) is 33.0. The van der Waals surface area contributed by atoms with Crippen LogP contribution in [0.25, 0.3) is 11.2 Å². The van der Waals surface area contributed by atoms with E-state index in [0.29, 0.717) is 12.2 Å². The van der Waals surface area contributed by atoms with Gasteiger partial charge in [0.25, 0.3) is 0 Å². The summed E-state index contributed by atoms with van der Waals surface area (Å²) in [5.74, 6) is 1.21. The molecular weight excluding hydrogens is 428 g/mol.